The molecular weight excluding hydrogens is 396 g/mol. The highest BCUT2D eigenvalue weighted by Gasteiger charge is 2.06. The number of hydrogen-bond acceptors (Lipinski definition) is 1. The van der Waals surface area contributed by atoms with E-state index in [0.717, 1.165) is 9.79 Å². The molecule has 0 aliphatic carbocycles. The highest BCUT2D eigenvalue weighted by molar-refractivity contribution is 7.85. The molecule has 0 aliphatic rings. The average Bonchev–Trinajstić information content (AvgIpc) is 2.39. The van der Waals surface area contributed by atoms with Gasteiger partial charge in [0.25, 0.3) is 0 Å². The van der Waals surface area contributed by atoms with Crippen LogP contribution in [0.4, 0.5) is 0 Å². The lowest BCUT2D eigenvalue weighted by Crippen LogP contribution is -1.91. The Kier molecular flexibility index (Phi) is 8.90. The Bertz CT molecular complexity index is 509. The Morgan fingerprint density at radius 3 is 1.20 bits per heavy atom. The monoisotopic (exact) mass is 402 g/mol. The first-order chi connectivity index (χ1) is 9.40. The summed E-state index contributed by atoms with van der Waals surface area (Å²) >= 11 is 9.81. The molecule has 20 heavy (non-hydrogen) atoms. The highest BCUT2D eigenvalue weighted by Crippen LogP contribution is 2.20. The Balaban J connectivity index is 0.000000444. The molecule has 0 spiro atoms. The van der Waals surface area contributed by atoms with Crippen molar-refractivity contribution in [3.63, 3.8) is 0 Å². The van der Waals surface area contributed by atoms with Crippen LogP contribution in [-0.4, -0.2) is 15.6 Å². The van der Waals surface area contributed by atoms with Crippen molar-refractivity contribution in [3.8, 4) is 0 Å². The molecule has 0 heterocycles. The molecule has 0 N–H and O–H groups in total. The Labute approximate surface area is 147 Å². The van der Waals surface area contributed by atoms with Crippen LogP contribution in [-0.2, 0) is 10.8 Å². The van der Waals surface area contributed by atoms with Gasteiger partial charge in [-0.05, 0) is 48.5 Å². The second-order valence-electron chi connectivity index (χ2n) is 3.42. The normalized spacial score (nSPS) is 9.90. The van der Waals surface area contributed by atoms with Gasteiger partial charge in [-0.1, -0.05) is 23.2 Å². The predicted octanol–water partition coefficient (Wildman–Crippen LogP) is 5.85. The van der Waals surface area contributed by atoms with E-state index in [-0.39, 0.29) is 0 Å². The van der Waals surface area contributed by atoms with Crippen molar-refractivity contribution in [1.29, 1.82) is 0 Å². The van der Waals surface area contributed by atoms with Crippen LogP contribution in [0, 0.1) is 0 Å². The van der Waals surface area contributed by atoms with Crippen molar-refractivity contribution < 1.29 is 4.21 Å². The van der Waals surface area contributed by atoms with Crippen LogP contribution in [0.15, 0.2) is 58.3 Å². The summed E-state index contributed by atoms with van der Waals surface area (Å²) in [5, 5.41) is 1.27. The Morgan fingerprint density at radius 1 is 0.700 bits per heavy atom. The van der Waals surface area contributed by atoms with Gasteiger partial charge in [0.1, 0.15) is 0 Å². The van der Waals surface area contributed by atoms with E-state index in [2.05, 4.69) is 0 Å². The van der Waals surface area contributed by atoms with Crippen molar-refractivity contribution in [2.24, 2.45) is 0 Å². The van der Waals surface area contributed by atoms with E-state index >= 15 is 0 Å². The molecule has 0 atom stereocenters. The van der Waals surface area contributed by atoms with E-state index in [4.69, 9.17) is 53.3 Å². The van der Waals surface area contributed by atoms with Gasteiger partial charge < -0.3 is 0 Å². The maximum atomic E-state index is 12.1. The van der Waals surface area contributed by atoms with E-state index in [9.17, 15) is 4.21 Å². The summed E-state index contributed by atoms with van der Waals surface area (Å²) < 4.78 is 12.1. The number of halogens is 5. The van der Waals surface area contributed by atoms with Gasteiger partial charge in [0, 0.05) is 19.8 Å². The van der Waals surface area contributed by atoms with Crippen molar-refractivity contribution >= 4 is 75.5 Å². The lowest BCUT2D eigenvalue weighted by molar-refractivity contribution is 0.683. The van der Waals surface area contributed by atoms with Gasteiger partial charge in [0.2, 0.25) is 0 Å². The maximum absolute atomic E-state index is 12.1. The second-order valence-corrected chi connectivity index (χ2v) is 12.2. The fraction of sp³-hybridized carbons (Fsp3) is 0. The van der Waals surface area contributed by atoms with E-state index in [1.165, 1.54) is 0 Å². The molecule has 0 radical (unpaired) electrons. The number of hydrogen-bond donors (Lipinski definition) is 0. The molecule has 0 aliphatic heterocycles. The predicted molar refractivity (Wildman–Crippen MR) is 90.9 cm³/mol. The molecular formula is C12H8AlCl5OS. The first kappa shape index (κ1) is 18.6. The first-order valence-electron chi connectivity index (χ1n) is 5.25. The van der Waals surface area contributed by atoms with Crippen LogP contribution in [0.5, 0.6) is 0 Å². The van der Waals surface area contributed by atoms with Crippen molar-refractivity contribution in [3.05, 3.63) is 58.6 Å². The Morgan fingerprint density at radius 2 is 0.950 bits per heavy atom. The maximum Gasteiger partial charge on any atom is 0.643 e. The quantitative estimate of drug-likeness (QED) is 0.574. The smallest absolute Gasteiger partial charge is 0.249 e. The minimum Gasteiger partial charge on any atom is -0.249 e. The number of rotatable bonds is 2. The van der Waals surface area contributed by atoms with E-state index in [0.29, 0.717) is 10.0 Å². The fourth-order valence-electron chi connectivity index (χ4n) is 1.25. The molecule has 106 valence electrons. The van der Waals surface area contributed by atoms with Crippen LogP contribution >= 0.6 is 53.3 Å². The van der Waals surface area contributed by atoms with Crippen LogP contribution in [0.25, 0.3) is 0 Å². The highest BCUT2D eigenvalue weighted by atomic mass is 35.8. The minimum atomic E-state index is -1.72. The molecule has 0 fully saturated rings. The molecule has 1 nitrogen and oxygen atoms in total. The fourth-order valence-corrected chi connectivity index (χ4v) is 2.54. The van der Waals surface area contributed by atoms with Gasteiger partial charge in [0.15, 0.2) is 0 Å². The zero-order valence-electron chi connectivity index (χ0n) is 9.90. The van der Waals surface area contributed by atoms with Crippen molar-refractivity contribution in [1.82, 2.24) is 0 Å². The van der Waals surface area contributed by atoms with Crippen molar-refractivity contribution in [2.75, 3.05) is 0 Å². The summed E-state index contributed by atoms with van der Waals surface area (Å²) in [6.07, 6.45) is 0. The lowest BCUT2D eigenvalue weighted by atomic mass is 10.4. The summed E-state index contributed by atoms with van der Waals surface area (Å²) in [6, 6.07) is 13.9. The van der Waals surface area contributed by atoms with E-state index in [1.807, 2.05) is 0 Å². The summed E-state index contributed by atoms with van der Waals surface area (Å²) in [6.45, 7) is 0. The van der Waals surface area contributed by atoms with Crippen LogP contribution in [0.1, 0.15) is 0 Å². The summed E-state index contributed by atoms with van der Waals surface area (Å²) in [7, 11) is 13.7. The second kappa shape index (κ2) is 9.56. The summed E-state index contributed by atoms with van der Waals surface area (Å²) in [4.78, 5) is 1.46. The zero-order chi connectivity index (χ0) is 15.1. The third kappa shape index (κ3) is 7.02. The van der Waals surface area contributed by atoms with Gasteiger partial charge >= 0.3 is 11.4 Å². The Hall–Kier alpha value is 0.572. The van der Waals surface area contributed by atoms with Crippen LogP contribution < -0.4 is 0 Å². The van der Waals surface area contributed by atoms with Crippen LogP contribution in [0.2, 0.25) is 10.0 Å². The van der Waals surface area contributed by atoms with E-state index in [1.54, 1.807) is 48.5 Å². The molecule has 2 rings (SSSR count). The van der Waals surface area contributed by atoms with E-state index < -0.39 is 22.2 Å². The molecule has 0 bridgehead atoms. The summed E-state index contributed by atoms with van der Waals surface area (Å²) in [5.41, 5.74) is 0. The minimum absolute atomic E-state index is 0.636. The molecule has 0 aromatic heterocycles. The first-order valence-corrected chi connectivity index (χ1v) is 12.4. The SMILES string of the molecule is O=S(c1ccc(Cl)cc1)c1ccc(Cl)cc1.[Cl][Al]([Cl])[Cl]. The van der Waals surface area contributed by atoms with Gasteiger partial charge in [-0.2, -0.15) is 0 Å². The molecule has 2 aromatic rings. The molecule has 0 saturated heterocycles. The zero-order valence-corrected chi connectivity index (χ0v) is 15.7. The largest absolute Gasteiger partial charge is 0.643 e. The lowest BCUT2D eigenvalue weighted by Gasteiger charge is -2.02. The molecule has 0 saturated carbocycles. The third-order valence-electron chi connectivity index (χ3n) is 2.06. The van der Waals surface area contributed by atoms with Crippen LogP contribution in [0.3, 0.4) is 0 Å². The van der Waals surface area contributed by atoms with Gasteiger partial charge in [0.05, 0.1) is 10.8 Å². The molecule has 2 aromatic carbocycles. The van der Waals surface area contributed by atoms with Gasteiger partial charge in [-0.15, -0.1) is 0 Å². The van der Waals surface area contributed by atoms with Gasteiger partial charge in [-0.25, -0.2) is 34.4 Å². The number of benzene rings is 2. The molecule has 8 heteroatoms. The molecule has 0 unspecified atom stereocenters. The third-order valence-corrected chi connectivity index (χ3v) is 3.96. The topological polar surface area (TPSA) is 17.1 Å². The van der Waals surface area contributed by atoms with Crippen molar-refractivity contribution in [2.45, 2.75) is 9.79 Å². The van der Waals surface area contributed by atoms with Gasteiger partial charge in [-0.3, -0.25) is 0 Å². The average molecular weight is 405 g/mol. The molecule has 0 amide bonds. The summed E-state index contributed by atoms with van der Waals surface area (Å²) in [5.74, 6) is 0. The standard InChI is InChI=1S/C12H8Cl2OS.Al.3ClH/c13-9-1-5-11(6-2-9)16(15)12-7-3-10(14)4-8-12;;;;/h1-8H;;3*1H/q;+3;;;/p-3.